The van der Waals surface area contributed by atoms with Crippen molar-refractivity contribution in [1.82, 2.24) is 0 Å². The van der Waals surface area contributed by atoms with Gasteiger partial charge in [-0.3, -0.25) is 4.79 Å². The maximum absolute atomic E-state index is 9.00. The van der Waals surface area contributed by atoms with Crippen LogP contribution in [0.1, 0.15) is 175 Å². The van der Waals surface area contributed by atoms with E-state index in [2.05, 4.69) is 13.8 Å². The summed E-state index contributed by atoms with van der Waals surface area (Å²) in [5.74, 6) is -0.833. The molecule has 0 aliphatic carbocycles. The summed E-state index contributed by atoms with van der Waals surface area (Å²) in [7, 11) is 0. The Labute approximate surface area is 242 Å². The maximum Gasteiger partial charge on any atom is 0.300 e. The molecular weight excluding hydrogens is 488 g/mol. The van der Waals surface area contributed by atoms with Crippen molar-refractivity contribution in [2.24, 2.45) is 0 Å². The van der Waals surface area contributed by atoms with E-state index in [-0.39, 0.29) is 0 Å². The SMILES string of the molecule is CC(=O)O.CCCCCCC(CCCCCCC1CCO1)OC(CCCCCC)CCCCCCC1CCO1. The fourth-order valence-electron chi connectivity index (χ4n) is 5.65. The summed E-state index contributed by atoms with van der Waals surface area (Å²) in [6.07, 6.45) is 34.1. The molecule has 0 bridgehead atoms. The zero-order valence-electron chi connectivity index (χ0n) is 26.3. The second-order valence-electron chi connectivity index (χ2n) is 12.1. The fourth-order valence-corrected chi connectivity index (χ4v) is 5.65. The molecular formula is C34H66O5. The van der Waals surface area contributed by atoms with Crippen molar-refractivity contribution in [2.45, 2.75) is 199 Å². The summed E-state index contributed by atoms with van der Waals surface area (Å²) in [5, 5.41) is 7.42. The van der Waals surface area contributed by atoms with Crippen LogP contribution in [-0.2, 0) is 19.0 Å². The highest BCUT2D eigenvalue weighted by Gasteiger charge is 2.19. The summed E-state index contributed by atoms with van der Waals surface area (Å²) in [6.45, 7) is 7.70. The lowest BCUT2D eigenvalue weighted by atomic mass is 9.99. The summed E-state index contributed by atoms with van der Waals surface area (Å²) < 4.78 is 18.1. The average molecular weight is 555 g/mol. The van der Waals surface area contributed by atoms with E-state index >= 15 is 0 Å². The van der Waals surface area contributed by atoms with E-state index in [0.29, 0.717) is 24.4 Å². The van der Waals surface area contributed by atoms with Gasteiger partial charge in [-0.25, -0.2) is 0 Å². The van der Waals surface area contributed by atoms with Gasteiger partial charge in [-0.1, -0.05) is 117 Å². The van der Waals surface area contributed by atoms with Gasteiger partial charge in [0, 0.05) is 20.1 Å². The van der Waals surface area contributed by atoms with Crippen molar-refractivity contribution in [1.29, 1.82) is 0 Å². The largest absolute Gasteiger partial charge is 0.481 e. The van der Waals surface area contributed by atoms with Crippen LogP contribution in [-0.4, -0.2) is 48.7 Å². The molecule has 2 rings (SSSR count). The minimum atomic E-state index is -0.833. The van der Waals surface area contributed by atoms with Gasteiger partial charge >= 0.3 is 0 Å². The minimum absolute atomic E-state index is 0.494. The van der Waals surface area contributed by atoms with Gasteiger partial charge in [0.25, 0.3) is 5.97 Å². The van der Waals surface area contributed by atoms with Gasteiger partial charge in [-0.2, -0.15) is 0 Å². The van der Waals surface area contributed by atoms with Crippen LogP contribution in [0.4, 0.5) is 0 Å². The Morgan fingerprint density at radius 2 is 0.949 bits per heavy atom. The molecule has 232 valence electrons. The topological polar surface area (TPSA) is 65.0 Å². The molecule has 1 N–H and O–H groups in total. The number of rotatable bonds is 26. The van der Waals surface area contributed by atoms with Gasteiger partial charge in [0.15, 0.2) is 0 Å². The van der Waals surface area contributed by atoms with Crippen molar-refractivity contribution < 1.29 is 24.1 Å². The molecule has 4 unspecified atom stereocenters. The number of hydrogen-bond acceptors (Lipinski definition) is 4. The van der Waals surface area contributed by atoms with Crippen molar-refractivity contribution in [3.8, 4) is 0 Å². The molecule has 2 heterocycles. The lowest BCUT2D eigenvalue weighted by molar-refractivity contribution is -0.134. The third-order valence-electron chi connectivity index (χ3n) is 8.34. The third kappa shape index (κ3) is 22.7. The molecule has 0 aromatic rings. The van der Waals surface area contributed by atoms with Crippen LogP contribution in [0.5, 0.6) is 0 Å². The molecule has 2 aliphatic heterocycles. The van der Waals surface area contributed by atoms with Crippen LogP contribution in [0, 0.1) is 0 Å². The van der Waals surface area contributed by atoms with Crippen LogP contribution in [0.25, 0.3) is 0 Å². The van der Waals surface area contributed by atoms with Gasteiger partial charge in [0.05, 0.1) is 24.4 Å². The molecule has 0 aromatic carbocycles. The predicted molar refractivity (Wildman–Crippen MR) is 164 cm³/mol. The smallest absolute Gasteiger partial charge is 0.300 e. The minimum Gasteiger partial charge on any atom is -0.481 e. The quantitative estimate of drug-likeness (QED) is 0.108. The van der Waals surface area contributed by atoms with Crippen LogP contribution < -0.4 is 0 Å². The molecule has 0 aromatic heterocycles. The molecule has 2 fully saturated rings. The monoisotopic (exact) mass is 554 g/mol. The molecule has 0 amide bonds. The van der Waals surface area contributed by atoms with E-state index in [1.807, 2.05) is 0 Å². The fraction of sp³-hybridized carbons (Fsp3) is 0.971. The number of unbranched alkanes of at least 4 members (excludes halogenated alkanes) is 12. The first-order valence-electron chi connectivity index (χ1n) is 17.1. The van der Waals surface area contributed by atoms with Crippen molar-refractivity contribution in [3.05, 3.63) is 0 Å². The Kier molecular flexibility index (Phi) is 24.5. The van der Waals surface area contributed by atoms with E-state index in [4.69, 9.17) is 24.1 Å². The normalized spacial score (nSPS) is 19.9. The zero-order valence-corrected chi connectivity index (χ0v) is 26.3. The molecule has 5 heteroatoms. The first-order chi connectivity index (χ1) is 19.0. The standard InChI is InChI=1S/C32H62O3.C2H4O2/c1-3-5-7-13-21-31(23-17-11-9-15-19-29-25-27-33-29)35-32(22-14-8-6-4-2)24-18-12-10-16-20-30-26-28-34-30;1-2(3)4/h29-32H,3-28H2,1-2H3;1H3,(H,3,4). The summed E-state index contributed by atoms with van der Waals surface area (Å²) in [6, 6.07) is 0. The van der Waals surface area contributed by atoms with E-state index in [1.165, 1.54) is 154 Å². The highest BCUT2D eigenvalue weighted by Crippen LogP contribution is 2.24. The molecule has 0 radical (unpaired) electrons. The molecule has 5 nitrogen and oxygen atoms in total. The Balaban J connectivity index is 0.00000177. The van der Waals surface area contributed by atoms with Gasteiger partial charge < -0.3 is 19.3 Å². The van der Waals surface area contributed by atoms with E-state index < -0.39 is 5.97 Å². The average Bonchev–Trinajstić information content (AvgIpc) is 2.85. The lowest BCUT2D eigenvalue weighted by Crippen LogP contribution is -2.26. The highest BCUT2D eigenvalue weighted by molar-refractivity contribution is 5.62. The first kappa shape index (κ1) is 36.4. The molecule has 2 aliphatic rings. The number of aliphatic carboxylic acids is 1. The number of hydrogen-bond donors (Lipinski definition) is 1. The molecule has 4 atom stereocenters. The third-order valence-corrected chi connectivity index (χ3v) is 8.34. The second kappa shape index (κ2) is 26.3. The Bertz CT molecular complexity index is 488. The lowest BCUT2D eigenvalue weighted by Gasteiger charge is -2.27. The molecule has 0 saturated carbocycles. The second-order valence-corrected chi connectivity index (χ2v) is 12.1. The summed E-state index contributed by atoms with van der Waals surface area (Å²) >= 11 is 0. The molecule has 2 saturated heterocycles. The Morgan fingerprint density at radius 3 is 1.23 bits per heavy atom. The van der Waals surface area contributed by atoms with Crippen LogP contribution in [0.2, 0.25) is 0 Å². The van der Waals surface area contributed by atoms with Gasteiger partial charge in [-0.05, 0) is 51.4 Å². The Hall–Kier alpha value is -0.650. The maximum atomic E-state index is 9.00. The first-order valence-corrected chi connectivity index (χ1v) is 17.1. The van der Waals surface area contributed by atoms with Gasteiger partial charge in [0.2, 0.25) is 0 Å². The summed E-state index contributed by atoms with van der Waals surface area (Å²) in [4.78, 5) is 9.00. The van der Waals surface area contributed by atoms with Crippen molar-refractivity contribution in [2.75, 3.05) is 13.2 Å². The van der Waals surface area contributed by atoms with E-state index in [0.717, 1.165) is 20.1 Å². The van der Waals surface area contributed by atoms with Crippen LogP contribution in [0.3, 0.4) is 0 Å². The van der Waals surface area contributed by atoms with Gasteiger partial charge in [-0.15, -0.1) is 0 Å². The zero-order chi connectivity index (χ0) is 28.4. The van der Waals surface area contributed by atoms with Crippen LogP contribution in [0.15, 0.2) is 0 Å². The Morgan fingerprint density at radius 1 is 0.641 bits per heavy atom. The molecule has 0 spiro atoms. The van der Waals surface area contributed by atoms with Gasteiger partial charge in [0.1, 0.15) is 0 Å². The number of carboxylic acids is 1. The van der Waals surface area contributed by atoms with E-state index in [9.17, 15) is 0 Å². The summed E-state index contributed by atoms with van der Waals surface area (Å²) in [5.41, 5.74) is 0. The number of carboxylic acid groups (broad SMARTS) is 1. The number of ether oxygens (including phenoxy) is 3. The molecule has 39 heavy (non-hydrogen) atoms. The van der Waals surface area contributed by atoms with Crippen LogP contribution >= 0.6 is 0 Å². The van der Waals surface area contributed by atoms with Crippen molar-refractivity contribution >= 4 is 5.97 Å². The highest BCUT2D eigenvalue weighted by atomic mass is 16.5. The van der Waals surface area contributed by atoms with Crippen molar-refractivity contribution in [3.63, 3.8) is 0 Å². The predicted octanol–water partition coefficient (Wildman–Crippen LogP) is 10.0. The van der Waals surface area contributed by atoms with E-state index in [1.54, 1.807) is 0 Å². The number of carbonyl (C=O) groups is 1.